The minimum absolute atomic E-state index is 0.648. The van der Waals surface area contributed by atoms with Crippen LogP contribution in [-0.2, 0) is 0 Å². The first kappa shape index (κ1) is 29.9. The van der Waals surface area contributed by atoms with Crippen molar-refractivity contribution in [2.45, 2.75) is 0 Å². The lowest BCUT2D eigenvalue weighted by molar-refractivity contribution is 1.07. The van der Waals surface area contributed by atoms with E-state index in [0.29, 0.717) is 23.0 Å². The van der Waals surface area contributed by atoms with Crippen LogP contribution in [0.4, 0.5) is 0 Å². The fraction of sp³-hybridized carbons (Fsp3) is 0. The van der Waals surface area contributed by atoms with Gasteiger partial charge in [0.1, 0.15) is 0 Å². The molecule has 6 heteroatoms. The Morgan fingerprint density at radius 1 is 0.423 bits per heavy atom. The smallest absolute Gasteiger partial charge is 0.164 e. The third kappa shape index (κ3) is 5.03. The molecule has 0 amide bonds. The summed E-state index contributed by atoms with van der Waals surface area (Å²) >= 11 is 1.78. The molecule has 3 heterocycles. The third-order valence-corrected chi connectivity index (χ3v) is 10.8. The maximum Gasteiger partial charge on any atom is 0.164 e. The van der Waals surface area contributed by atoms with Crippen LogP contribution >= 0.6 is 11.3 Å². The van der Waals surface area contributed by atoms with Gasteiger partial charge in [-0.25, -0.2) is 15.0 Å². The van der Waals surface area contributed by atoms with Crippen LogP contribution in [-0.4, -0.2) is 19.5 Å². The first-order valence-corrected chi connectivity index (χ1v) is 17.9. The number of aromatic nitrogens is 4. The van der Waals surface area contributed by atoms with Crippen molar-refractivity contribution < 1.29 is 0 Å². The van der Waals surface area contributed by atoms with Gasteiger partial charge in [-0.05, 0) is 71.8 Å². The summed E-state index contributed by atoms with van der Waals surface area (Å²) in [5, 5.41) is 14.3. The Morgan fingerprint density at radius 2 is 0.962 bits per heavy atom. The lowest BCUT2D eigenvalue weighted by Crippen LogP contribution is -1.99. The fourth-order valence-corrected chi connectivity index (χ4v) is 8.29. The summed E-state index contributed by atoms with van der Waals surface area (Å²) in [5.74, 6) is 1.95. The van der Waals surface area contributed by atoms with Crippen molar-refractivity contribution in [1.29, 1.82) is 5.26 Å². The third-order valence-electron chi connectivity index (χ3n) is 9.67. The molecule has 7 aromatic carbocycles. The van der Waals surface area contributed by atoms with Gasteiger partial charge in [0, 0.05) is 53.3 Å². The zero-order valence-corrected chi connectivity index (χ0v) is 28.5. The summed E-state index contributed by atoms with van der Waals surface area (Å²) < 4.78 is 4.68. The van der Waals surface area contributed by atoms with E-state index in [1.165, 1.54) is 20.2 Å². The van der Waals surface area contributed by atoms with Gasteiger partial charge in [0.25, 0.3) is 0 Å². The normalized spacial score (nSPS) is 11.4. The van der Waals surface area contributed by atoms with Gasteiger partial charge < -0.3 is 4.57 Å². The summed E-state index contributed by atoms with van der Waals surface area (Å²) in [4.78, 5) is 14.8. The standard InChI is InChI=1S/C46H27N5S/c47-28-29-16-21-40-37(24-29)38-25-32(18-22-41(38)51(40)35-14-8-3-9-15-35)33-19-23-42-39(26-33)36-20-17-34(27-43(36)52-42)46-49-44(30-10-4-1-5-11-30)48-45(50-46)31-12-6-2-7-13-31/h1-27H. The molecule has 10 rings (SSSR count). The highest BCUT2D eigenvalue weighted by molar-refractivity contribution is 7.25. The maximum absolute atomic E-state index is 9.73. The molecule has 0 aliphatic carbocycles. The lowest BCUT2D eigenvalue weighted by Gasteiger charge is -2.08. The number of para-hydroxylation sites is 1. The Bertz CT molecular complexity index is 2960. The van der Waals surface area contributed by atoms with Gasteiger partial charge in [-0.2, -0.15) is 5.26 Å². The minimum Gasteiger partial charge on any atom is -0.309 e. The predicted molar refractivity (Wildman–Crippen MR) is 214 cm³/mol. The molecule has 0 saturated heterocycles. The summed E-state index contributed by atoms with van der Waals surface area (Å²) in [6.45, 7) is 0. The molecule has 0 aliphatic rings. The average molecular weight is 682 g/mol. The van der Waals surface area contributed by atoms with Crippen LogP contribution in [0.15, 0.2) is 164 Å². The number of benzene rings is 7. The highest BCUT2D eigenvalue weighted by Gasteiger charge is 2.17. The van der Waals surface area contributed by atoms with Crippen LogP contribution in [0.5, 0.6) is 0 Å². The van der Waals surface area contributed by atoms with Crippen LogP contribution in [0.3, 0.4) is 0 Å². The second-order valence-electron chi connectivity index (χ2n) is 12.8. The van der Waals surface area contributed by atoms with Gasteiger partial charge in [0.15, 0.2) is 17.5 Å². The molecule has 5 nitrogen and oxygen atoms in total. The summed E-state index contributed by atoms with van der Waals surface area (Å²) in [5.41, 5.74) is 9.07. The van der Waals surface area contributed by atoms with E-state index in [9.17, 15) is 5.26 Å². The van der Waals surface area contributed by atoms with Gasteiger partial charge in [0.2, 0.25) is 0 Å². The van der Waals surface area contributed by atoms with E-state index in [4.69, 9.17) is 15.0 Å². The number of hydrogen-bond acceptors (Lipinski definition) is 5. The highest BCUT2D eigenvalue weighted by atomic mass is 32.1. The van der Waals surface area contributed by atoms with Crippen molar-refractivity contribution in [2.75, 3.05) is 0 Å². The minimum atomic E-state index is 0.648. The van der Waals surface area contributed by atoms with Crippen molar-refractivity contribution in [3.05, 3.63) is 169 Å². The number of rotatable bonds is 5. The van der Waals surface area contributed by atoms with E-state index >= 15 is 0 Å². The van der Waals surface area contributed by atoms with Gasteiger partial charge in [0.05, 0.1) is 22.7 Å². The Balaban J connectivity index is 1.08. The molecule has 0 unspecified atom stereocenters. The second kappa shape index (κ2) is 12.1. The highest BCUT2D eigenvalue weighted by Crippen LogP contribution is 2.40. The molecule has 0 atom stereocenters. The summed E-state index contributed by atoms with van der Waals surface area (Å²) in [6, 6.07) is 58.7. The first-order chi connectivity index (χ1) is 25.7. The fourth-order valence-electron chi connectivity index (χ4n) is 7.16. The first-order valence-electron chi connectivity index (χ1n) is 17.1. The Hall–Kier alpha value is -6.94. The van der Waals surface area contributed by atoms with Gasteiger partial charge >= 0.3 is 0 Å². The van der Waals surface area contributed by atoms with E-state index in [1.807, 2.05) is 78.9 Å². The topological polar surface area (TPSA) is 67.4 Å². The molecule has 0 aliphatic heterocycles. The molecule has 242 valence electrons. The summed E-state index contributed by atoms with van der Waals surface area (Å²) in [6.07, 6.45) is 0. The van der Waals surface area contributed by atoms with Crippen LogP contribution in [0.25, 0.3) is 93.0 Å². The van der Waals surface area contributed by atoms with Crippen LogP contribution < -0.4 is 0 Å². The van der Waals surface area contributed by atoms with Crippen molar-refractivity contribution >= 4 is 53.3 Å². The second-order valence-corrected chi connectivity index (χ2v) is 13.9. The zero-order valence-electron chi connectivity index (χ0n) is 27.7. The number of thiophene rings is 1. The molecule has 0 bridgehead atoms. The molecule has 0 fully saturated rings. The lowest BCUT2D eigenvalue weighted by atomic mass is 10.00. The Morgan fingerprint density at radius 3 is 1.62 bits per heavy atom. The molecule has 0 N–H and O–H groups in total. The predicted octanol–water partition coefficient (Wildman–Crippen LogP) is 11.9. The molecule has 0 radical (unpaired) electrons. The molecule has 3 aromatic heterocycles. The molecule has 0 saturated carbocycles. The zero-order chi connectivity index (χ0) is 34.6. The maximum atomic E-state index is 9.73. The number of nitrogens with zero attached hydrogens (tertiary/aromatic N) is 5. The van der Waals surface area contributed by atoms with E-state index < -0.39 is 0 Å². The quantitative estimate of drug-likeness (QED) is 0.181. The van der Waals surface area contributed by atoms with Gasteiger partial charge in [-0.3, -0.25) is 0 Å². The Kier molecular flexibility index (Phi) is 6.98. The van der Waals surface area contributed by atoms with Crippen LogP contribution in [0, 0.1) is 11.3 Å². The number of nitriles is 1. The van der Waals surface area contributed by atoms with Crippen molar-refractivity contribution in [1.82, 2.24) is 19.5 Å². The average Bonchev–Trinajstić information content (AvgIpc) is 3.75. The number of hydrogen-bond donors (Lipinski definition) is 0. The van der Waals surface area contributed by atoms with E-state index in [0.717, 1.165) is 55.3 Å². The largest absolute Gasteiger partial charge is 0.309 e. The molecule has 10 aromatic rings. The van der Waals surface area contributed by atoms with Crippen molar-refractivity contribution in [2.24, 2.45) is 0 Å². The molecular weight excluding hydrogens is 655 g/mol. The SMILES string of the molecule is N#Cc1ccc2c(c1)c1cc(-c3ccc4sc5cc(-c6nc(-c7ccccc7)nc(-c7ccccc7)n6)ccc5c4c3)ccc1n2-c1ccccc1. The summed E-state index contributed by atoms with van der Waals surface area (Å²) in [7, 11) is 0. The van der Waals surface area contributed by atoms with Crippen LogP contribution in [0.2, 0.25) is 0 Å². The van der Waals surface area contributed by atoms with E-state index in [-0.39, 0.29) is 0 Å². The number of fused-ring (bicyclic) bond motifs is 6. The van der Waals surface area contributed by atoms with Gasteiger partial charge in [-0.1, -0.05) is 103 Å². The molecule has 0 spiro atoms. The monoisotopic (exact) mass is 681 g/mol. The van der Waals surface area contributed by atoms with E-state index in [2.05, 4.69) is 95.6 Å². The van der Waals surface area contributed by atoms with Crippen LogP contribution in [0.1, 0.15) is 5.56 Å². The van der Waals surface area contributed by atoms with E-state index in [1.54, 1.807) is 11.3 Å². The van der Waals surface area contributed by atoms with Crippen molar-refractivity contribution in [3.63, 3.8) is 0 Å². The molecule has 52 heavy (non-hydrogen) atoms. The van der Waals surface area contributed by atoms with Crippen molar-refractivity contribution in [3.8, 4) is 57.0 Å². The van der Waals surface area contributed by atoms with Gasteiger partial charge in [-0.15, -0.1) is 11.3 Å². The molecular formula is C46H27N5S. The Labute approximate surface area is 303 Å².